The van der Waals surface area contributed by atoms with Gasteiger partial charge in [-0.25, -0.2) is 0 Å². The van der Waals surface area contributed by atoms with Gasteiger partial charge in [0.1, 0.15) is 0 Å². The fourth-order valence-corrected chi connectivity index (χ4v) is 4.16. The van der Waals surface area contributed by atoms with E-state index in [0.29, 0.717) is 37.2 Å². The van der Waals surface area contributed by atoms with Gasteiger partial charge >= 0.3 is 12.4 Å². The molecule has 3 atom stereocenters. The van der Waals surface area contributed by atoms with Crippen LogP contribution in [-0.4, -0.2) is 24.1 Å². The number of piperidine rings is 1. The quantitative estimate of drug-likeness (QED) is 0.210. The maximum Gasteiger partial charge on any atom is 0.416 e. The van der Waals surface area contributed by atoms with Gasteiger partial charge in [0.05, 0.1) is 35.1 Å². The van der Waals surface area contributed by atoms with E-state index in [2.05, 4.69) is 10.5 Å². The molecule has 10 heteroatoms. The number of oxime groups is 1. The molecule has 2 aromatic rings. The number of hydrogen-bond donors (Lipinski definition) is 2. The predicted octanol–water partition coefficient (Wildman–Crippen LogP) is 6.55. The number of halogens is 6. The van der Waals surface area contributed by atoms with Crippen molar-refractivity contribution in [2.75, 3.05) is 13.2 Å². The van der Waals surface area contributed by atoms with Gasteiger partial charge in [0, 0.05) is 12.5 Å². The summed E-state index contributed by atoms with van der Waals surface area (Å²) in [4.78, 5) is 0. The van der Waals surface area contributed by atoms with Crippen LogP contribution in [0.3, 0.4) is 0 Å². The minimum Gasteiger partial charge on any atom is -0.411 e. The smallest absolute Gasteiger partial charge is 0.411 e. The molecule has 0 aromatic heterocycles. The van der Waals surface area contributed by atoms with Gasteiger partial charge < -0.3 is 15.3 Å². The minimum atomic E-state index is -4.92. The van der Waals surface area contributed by atoms with Crippen LogP contribution in [0.15, 0.2) is 53.7 Å². The van der Waals surface area contributed by atoms with Gasteiger partial charge in [-0.1, -0.05) is 35.5 Å². The zero-order valence-corrected chi connectivity index (χ0v) is 18.7. The Balaban J connectivity index is 1.86. The Kier molecular flexibility index (Phi) is 7.62. The number of alkyl halides is 6. The van der Waals surface area contributed by atoms with E-state index in [9.17, 15) is 26.3 Å². The fraction of sp³-hybridized carbons (Fsp3) is 0.458. The number of nitrogens with zero attached hydrogens (tertiary/aromatic N) is 1. The molecule has 1 unspecified atom stereocenters. The summed E-state index contributed by atoms with van der Waals surface area (Å²) in [5.74, 6) is -0.00271. The predicted molar refractivity (Wildman–Crippen MR) is 115 cm³/mol. The third-order valence-electron chi connectivity index (χ3n) is 6.34. The highest BCUT2D eigenvalue weighted by atomic mass is 19.4. The Bertz CT molecular complexity index is 965. The zero-order chi connectivity index (χ0) is 25.1. The van der Waals surface area contributed by atoms with Crippen LogP contribution < -0.4 is 5.32 Å². The van der Waals surface area contributed by atoms with E-state index in [1.54, 1.807) is 6.92 Å². The van der Waals surface area contributed by atoms with E-state index >= 15 is 0 Å². The fourth-order valence-electron chi connectivity index (χ4n) is 4.16. The van der Waals surface area contributed by atoms with E-state index in [1.165, 1.54) is 6.92 Å². The largest absolute Gasteiger partial charge is 0.416 e. The van der Waals surface area contributed by atoms with E-state index in [0.717, 1.165) is 5.56 Å². The van der Waals surface area contributed by atoms with Crippen LogP contribution in [0.5, 0.6) is 0 Å². The molecule has 1 saturated heterocycles. The SMILES string of the molecule is C/C(=N\O)C1CC[C@@](CO[C@H](C)c2cc(C(F)(F)F)cc(C(F)(F)F)c2)(c2ccccc2)NC1. The summed E-state index contributed by atoms with van der Waals surface area (Å²) in [6, 6.07) is 10.8. The van der Waals surface area contributed by atoms with Crippen molar-refractivity contribution in [1.29, 1.82) is 0 Å². The second-order valence-electron chi connectivity index (χ2n) is 8.60. The molecule has 0 spiro atoms. The van der Waals surface area contributed by atoms with Crippen molar-refractivity contribution in [1.82, 2.24) is 5.32 Å². The normalized spacial score (nSPS) is 23.1. The maximum atomic E-state index is 13.2. The first-order valence-electron chi connectivity index (χ1n) is 10.8. The molecule has 1 fully saturated rings. The van der Waals surface area contributed by atoms with Gasteiger partial charge in [-0.3, -0.25) is 0 Å². The molecule has 0 bridgehead atoms. The lowest BCUT2D eigenvalue weighted by atomic mass is 9.78. The van der Waals surface area contributed by atoms with Gasteiger partial charge in [-0.2, -0.15) is 26.3 Å². The Morgan fingerprint density at radius 1 is 1.09 bits per heavy atom. The third kappa shape index (κ3) is 5.90. The van der Waals surface area contributed by atoms with Crippen LogP contribution in [0.2, 0.25) is 0 Å². The first-order chi connectivity index (χ1) is 15.9. The highest BCUT2D eigenvalue weighted by Gasteiger charge is 2.40. The molecule has 0 aliphatic carbocycles. The number of rotatable bonds is 6. The molecule has 186 valence electrons. The van der Waals surface area contributed by atoms with Crippen molar-refractivity contribution in [3.63, 3.8) is 0 Å². The number of benzene rings is 2. The third-order valence-corrected chi connectivity index (χ3v) is 6.34. The zero-order valence-electron chi connectivity index (χ0n) is 18.7. The lowest BCUT2D eigenvalue weighted by molar-refractivity contribution is -0.143. The Morgan fingerprint density at radius 3 is 2.15 bits per heavy atom. The topological polar surface area (TPSA) is 53.9 Å². The van der Waals surface area contributed by atoms with Crippen LogP contribution in [0.25, 0.3) is 0 Å². The summed E-state index contributed by atoms with van der Waals surface area (Å²) in [6.07, 6.45) is -9.64. The second-order valence-corrected chi connectivity index (χ2v) is 8.60. The van der Waals surface area contributed by atoms with Crippen LogP contribution in [0.1, 0.15) is 55.0 Å². The lowest BCUT2D eigenvalue weighted by Gasteiger charge is -2.42. The molecule has 2 N–H and O–H groups in total. The molecule has 34 heavy (non-hydrogen) atoms. The van der Waals surface area contributed by atoms with Crippen molar-refractivity contribution in [2.24, 2.45) is 11.1 Å². The maximum absolute atomic E-state index is 13.2. The van der Waals surface area contributed by atoms with Crippen LogP contribution in [0.4, 0.5) is 26.3 Å². The van der Waals surface area contributed by atoms with Crippen LogP contribution in [-0.2, 0) is 22.6 Å². The first-order valence-corrected chi connectivity index (χ1v) is 10.8. The minimum absolute atomic E-state index is 0.00271. The number of hydrogen-bond acceptors (Lipinski definition) is 4. The molecule has 1 aliphatic heterocycles. The average molecular weight is 488 g/mol. The van der Waals surface area contributed by atoms with Crippen molar-refractivity contribution in [3.8, 4) is 0 Å². The molecular formula is C24H26F6N2O2. The first kappa shape index (κ1) is 26.0. The molecule has 0 radical (unpaired) electrons. The lowest BCUT2D eigenvalue weighted by Crippen LogP contribution is -2.53. The highest BCUT2D eigenvalue weighted by Crippen LogP contribution is 2.39. The Labute approximate surface area is 193 Å². The standard InChI is InChI=1S/C24H26F6N2O2/c1-15(32-33)17-8-9-22(31-13-17,19-6-4-3-5-7-19)14-34-16(2)18-10-20(23(25,26)27)12-21(11-18)24(28,29)30/h3-7,10-12,16-17,31,33H,8-9,13-14H2,1-2H3/b32-15+/t16-,17?,22-/m1/s1. The van der Waals surface area contributed by atoms with E-state index in [-0.39, 0.29) is 24.2 Å². The molecule has 0 amide bonds. The number of nitrogens with one attached hydrogen (secondary N) is 1. The molecule has 1 heterocycles. The number of ether oxygens (including phenoxy) is 1. The molecule has 4 nitrogen and oxygen atoms in total. The summed E-state index contributed by atoms with van der Waals surface area (Å²) in [7, 11) is 0. The van der Waals surface area contributed by atoms with E-state index < -0.39 is 35.1 Å². The summed E-state index contributed by atoms with van der Waals surface area (Å²) >= 11 is 0. The van der Waals surface area contributed by atoms with Crippen molar-refractivity contribution >= 4 is 5.71 Å². The Hall–Kier alpha value is -2.59. The average Bonchev–Trinajstić information content (AvgIpc) is 2.81. The second kappa shape index (κ2) is 9.95. The van der Waals surface area contributed by atoms with Gasteiger partial charge in [0.15, 0.2) is 0 Å². The molecule has 3 rings (SSSR count). The summed E-state index contributed by atoms with van der Waals surface area (Å²) in [5.41, 5.74) is -2.18. The van der Waals surface area contributed by atoms with Gasteiger partial charge in [0.25, 0.3) is 0 Å². The summed E-state index contributed by atoms with van der Waals surface area (Å²) in [6.45, 7) is 3.65. The monoisotopic (exact) mass is 488 g/mol. The highest BCUT2D eigenvalue weighted by molar-refractivity contribution is 5.84. The van der Waals surface area contributed by atoms with E-state index in [4.69, 9.17) is 9.94 Å². The Morgan fingerprint density at radius 2 is 1.68 bits per heavy atom. The van der Waals surface area contributed by atoms with Crippen LogP contribution >= 0.6 is 0 Å². The van der Waals surface area contributed by atoms with Gasteiger partial charge in [0.2, 0.25) is 0 Å². The molecule has 1 aliphatic rings. The van der Waals surface area contributed by atoms with Crippen molar-refractivity contribution in [3.05, 3.63) is 70.8 Å². The molecule has 0 saturated carbocycles. The van der Waals surface area contributed by atoms with Crippen LogP contribution in [0, 0.1) is 5.92 Å². The summed E-state index contributed by atoms with van der Waals surface area (Å²) < 4.78 is 85.4. The van der Waals surface area contributed by atoms with Crippen molar-refractivity contribution < 1.29 is 36.3 Å². The van der Waals surface area contributed by atoms with Gasteiger partial charge in [-0.15, -0.1) is 0 Å². The molecule has 2 aromatic carbocycles. The van der Waals surface area contributed by atoms with E-state index in [1.807, 2.05) is 30.3 Å². The van der Waals surface area contributed by atoms with Gasteiger partial charge in [-0.05, 0) is 56.0 Å². The van der Waals surface area contributed by atoms with Crippen molar-refractivity contribution in [2.45, 2.75) is 50.7 Å². The summed E-state index contributed by atoms with van der Waals surface area (Å²) in [5, 5.41) is 15.8. The molecular weight excluding hydrogens is 462 g/mol.